The molecule has 3 aromatic carbocycles. The summed E-state index contributed by atoms with van der Waals surface area (Å²) in [6, 6.07) is 15.4. The normalized spacial score (nSPS) is 15.7. The van der Waals surface area contributed by atoms with E-state index in [1.54, 1.807) is 25.1 Å². The number of sulfonamides is 1. The molecule has 6 heteroatoms. The van der Waals surface area contributed by atoms with E-state index in [-0.39, 0.29) is 10.8 Å². The maximum atomic E-state index is 13.1. The monoisotopic (exact) mass is 380 g/mol. The molecule has 0 spiro atoms. The molecule has 0 aliphatic carbocycles. The van der Waals surface area contributed by atoms with E-state index in [0.717, 1.165) is 16.5 Å². The van der Waals surface area contributed by atoms with Crippen LogP contribution in [0, 0.1) is 13.8 Å². The maximum Gasteiger partial charge on any atom is 0.265 e. The first-order valence-electron chi connectivity index (χ1n) is 8.75. The second-order valence-electron chi connectivity index (χ2n) is 6.90. The number of rotatable bonds is 3. The molecule has 1 unspecified atom stereocenters. The van der Waals surface area contributed by atoms with Gasteiger partial charge < -0.3 is 5.32 Å². The zero-order valence-electron chi connectivity index (χ0n) is 15.4. The van der Waals surface area contributed by atoms with Crippen molar-refractivity contribution in [1.29, 1.82) is 0 Å². The number of nitrogens with zero attached hydrogens (tertiary/aromatic N) is 1. The van der Waals surface area contributed by atoms with Crippen LogP contribution in [0.2, 0.25) is 0 Å². The molecule has 1 N–H and O–H groups in total. The lowest BCUT2D eigenvalue weighted by molar-refractivity contribution is -0.116. The number of aryl methyl sites for hydroxylation is 2. The van der Waals surface area contributed by atoms with Gasteiger partial charge in [0.15, 0.2) is 0 Å². The van der Waals surface area contributed by atoms with Crippen molar-refractivity contribution in [2.45, 2.75) is 31.7 Å². The van der Waals surface area contributed by atoms with E-state index in [1.165, 1.54) is 4.31 Å². The number of anilines is 2. The number of nitrogens with one attached hydrogen (secondary N) is 1. The van der Waals surface area contributed by atoms with Crippen molar-refractivity contribution in [3.8, 4) is 0 Å². The summed E-state index contributed by atoms with van der Waals surface area (Å²) in [4.78, 5) is 13.1. The fourth-order valence-corrected chi connectivity index (χ4v) is 5.38. The molecule has 0 aromatic heterocycles. The van der Waals surface area contributed by atoms with Gasteiger partial charge in [-0.2, -0.15) is 0 Å². The highest BCUT2D eigenvalue weighted by Gasteiger charge is 2.40. The molecule has 1 atom stereocenters. The zero-order valence-corrected chi connectivity index (χ0v) is 16.2. The van der Waals surface area contributed by atoms with Gasteiger partial charge in [0.1, 0.15) is 6.04 Å². The first-order valence-corrected chi connectivity index (χ1v) is 10.2. The average molecular weight is 380 g/mol. The van der Waals surface area contributed by atoms with Crippen molar-refractivity contribution in [1.82, 2.24) is 0 Å². The SMILES string of the molecule is Cc1ccc(NC(=O)C(C)N2c3cccc4cccc(c34)S2(=O)=O)cc1C. The van der Waals surface area contributed by atoms with Gasteiger partial charge in [-0.1, -0.05) is 30.3 Å². The first kappa shape index (κ1) is 17.5. The molecule has 1 amide bonds. The van der Waals surface area contributed by atoms with Crippen LogP contribution < -0.4 is 9.62 Å². The van der Waals surface area contributed by atoms with Gasteiger partial charge in [-0.25, -0.2) is 8.42 Å². The van der Waals surface area contributed by atoms with Gasteiger partial charge in [0.05, 0.1) is 10.6 Å². The summed E-state index contributed by atoms with van der Waals surface area (Å²) in [6.07, 6.45) is 0. The van der Waals surface area contributed by atoms with Crippen LogP contribution in [0.1, 0.15) is 18.1 Å². The zero-order chi connectivity index (χ0) is 19.3. The Labute approximate surface area is 158 Å². The number of carbonyl (C=O) groups excluding carboxylic acids is 1. The predicted molar refractivity (Wildman–Crippen MR) is 108 cm³/mol. The Balaban J connectivity index is 1.72. The molecule has 3 aromatic rings. The average Bonchev–Trinajstić information content (AvgIpc) is 2.87. The second kappa shape index (κ2) is 6.09. The van der Waals surface area contributed by atoms with Crippen LogP contribution in [-0.2, 0) is 14.8 Å². The van der Waals surface area contributed by atoms with Crippen LogP contribution in [0.25, 0.3) is 10.8 Å². The van der Waals surface area contributed by atoms with E-state index >= 15 is 0 Å². The summed E-state index contributed by atoms with van der Waals surface area (Å²) < 4.78 is 27.4. The molecule has 1 aliphatic rings. The lowest BCUT2D eigenvalue weighted by atomic mass is 10.1. The summed E-state index contributed by atoms with van der Waals surface area (Å²) in [5, 5.41) is 4.36. The van der Waals surface area contributed by atoms with Crippen molar-refractivity contribution in [3.05, 3.63) is 65.7 Å². The molecule has 0 saturated carbocycles. The van der Waals surface area contributed by atoms with E-state index in [0.29, 0.717) is 16.8 Å². The van der Waals surface area contributed by atoms with Gasteiger partial charge in [0.25, 0.3) is 10.0 Å². The van der Waals surface area contributed by atoms with Crippen molar-refractivity contribution in [2.24, 2.45) is 0 Å². The van der Waals surface area contributed by atoms with Crippen molar-refractivity contribution in [3.63, 3.8) is 0 Å². The summed E-state index contributed by atoms with van der Waals surface area (Å²) in [6.45, 7) is 5.58. The highest BCUT2D eigenvalue weighted by molar-refractivity contribution is 7.93. The Morgan fingerprint density at radius 3 is 2.41 bits per heavy atom. The minimum atomic E-state index is -3.78. The van der Waals surface area contributed by atoms with Gasteiger partial charge >= 0.3 is 0 Å². The minimum absolute atomic E-state index is 0.251. The molecule has 5 nitrogen and oxygen atoms in total. The molecule has 0 radical (unpaired) electrons. The third-order valence-electron chi connectivity index (χ3n) is 5.12. The number of hydrogen-bond donors (Lipinski definition) is 1. The molecule has 1 aliphatic heterocycles. The number of amides is 1. The third-order valence-corrected chi connectivity index (χ3v) is 7.05. The van der Waals surface area contributed by atoms with Crippen LogP contribution in [0.5, 0.6) is 0 Å². The topological polar surface area (TPSA) is 66.5 Å². The summed E-state index contributed by atoms with van der Waals surface area (Å²) >= 11 is 0. The summed E-state index contributed by atoms with van der Waals surface area (Å²) in [5.41, 5.74) is 3.39. The van der Waals surface area contributed by atoms with E-state index < -0.39 is 16.1 Å². The lowest BCUT2D eigenvalue weighted by Gasteiger charge is -2.25. The Kier molecular flexibility index (Phi) is 3.96. The standard InChI is InChI=1S/C21H20N2O3S/c1-13-10-11-17(12-14(13)2)22-21(24)15(3)23-18-8-4-6-16-7-5-9-19(20(16)18)27(23,25)26/h4-12,15H,1-3H3,(H,22,24). The fourth-order valence-electron chi connectivity index (χ4n) is 3.51. The molecule has 0 fully saturated rings. The van der Waals surface area contributed by atoms with Crippen molar-refractivity contribution >= 4 is 38.1 Å². The first-order chi connectivity index (χ1) is 12.8. The Morgan fingerprint density at radius 2 is 1.70 bits per heavy atom. The van der Waals surface area contributed by atoms with Crippen LogP contribution in [0.3, 0.4) is 0 Å². The number of benzene rings is 3. The maximum absolute atomic E-state index is 13.1. The molecule has 0 saturated heterocycles. The van der Waals surface area contributed by atoms with Gasteiger partial charge in [0.2, 0.25) is 5.91 Å². The van der Waals surface area contributed by atoms with Crippen molar-refractivity contribution < 1.29 is 13.2 Å². The van der Waals surface area contributed by atoms with Crippen LogP contribution >= 0.6 is 0 Å². The summed E-state index contributed by atoms with van der Waals surface area (Å²) in [5.74, 6) is -0.369. The van der Waals surface area contributed by atoms with E-state index in [4.69, 9.17) is 0 Å². The van der Waals surface area contributed by atoms with E-state index in [2.05, 4.69) is 5.32 Å². The van der Waals surface area contributed by atoms with E-state index in [9.17, 15) is 13.2 Å². The van der Waals surface area contributed by atoms with Gasteiger partial charge in [-0.05, 0) is 61.5 Å². The van der Waals surface area contributed by atoms with Crippen molar-refractivity contribution in [2.75, 3.05) is 9.62 Å². The smallest absolute Gasteiger partial charge is 0.265 e. The second-order valence-corrected chi connectivity index (χ2v) is 8.68. The Morgan fingerprint density at radius 1 is 1.00 bits per heavy atom. The van der Waals surface area contributed by atoms with Gasteiger partial charge in [0, 0.05) is 11.1 Å². The Hall–Kier alpha value is -2.86. The highest BCUT2D eigenvalue weighted by Crippen LogP contribution is 2.43. The third kappa shape index (κ3) is 2.68. The van der Waals surface area contributed by atoms with Gasteiger partial charge in [-0.3, -0.25) is 9.10 Å². The molecular weight excluding hydrogens is 360 g/mol. The quantitative estimate of drug-likeness (QED) is 0.747. The molecule has 27 heavy (non-hydrogen) atoms. The molecule has 138 valence electrons. The molecule has 1 heterocycles. The minimum Gasteiger partial charge on any atom is -0.324 e. The lowest BCUT2D eigenvalue weighted by Crippen LogP contribution is -2.44. The largest absolute Gasteiger partial charge is 0.324 e. The highest BCUT2D eigenvalue weighted by atomic mass is 32.2. The van der Waals surface area contributed by atoms with Crippen LogP contribution in [0.4, 0.5) is 11.4 Å². The molecular formula is C21H20N2O3S. The predicted octanol–water partition coefficient (Wildman–Crippen LogP) is 3.99. The number of carbonyl (C=O) groups is 1. The van der Waals surface area contributed by atoms with E-state index in [1.807, 2.05) is 50.2 Å². The molecule has 0 bridgehead atoms. The molecule has 4 rings (SSSR count). The van der Waals surface area contributed by atoms with Crippen LogP contribution in [-0.4, -0.2) is 20.4 Å². The number of hydrogen-bond acceptors (Lipinski definition) is 3. The summed E-state index contributed by atoms with van der Waals surface area (Å²) in [7, 11) is -3.78. The van der Waals surface area contributed by atoms with Crippen LogP contribution in [0.15, 0.2) is 59.5 Å². The Bertz CT molecular complexity index is 1180. The fraction of sp³-hybridized carbons (Fsp3) is 0.190. The van der Waals surface area contributed by atoms with Gasteiger partial charge in [-0.15, -0.1) is 0 Å².